The molecule has 3 aromatic rings. The van der Waals surface area contributed by atoms with Crippen molar-refractivity contribution in [3.05, 3.63) is 70.1 Å². The average molecular weight is 575 g/mol. The molecule has 40 heavy (non-hydrogen) atoms. The Kier molecular flexibility index (Phi) is 7.90. The van der Waals surface area contributed by atoms with Crippen LogP contribution in [0.25, 0.3) is 11.3 Å². The highest BCUT2D eigenvalue weighted by molar-refractivity contribution is 6.33. The van der Waals surface area contributed by atoms with Crippen molar-refractivity contribution in [3.63, 3.8) is 0 Å². The monoisotopic (exact) mass is 574 g/mol. The molecule has 0 saturated carbocycles. The van der Waals surface area contributed by atoms with E-state index >= 15 is 0 Å². The van der Waals surface area contributed by atoms with Crippen LogP contribution in [0.2, 0.25) is 5.02 Å². The zero-order valence-corrected chi connectivity index (χ0v) is 22.2. The molecule has 0 bridgehead atoms. The van der Waals surface area contributed by atoms with Gasteiger partial charge in [-0.05, 0) is 43.5 Å². The molecule has 0 radical (unpaired) electrons. The number of halogens is 4. The number of alkyl halides is 3. The molecule has 5 rings (SSSR count). The zero-order valence-electron chi connectivity index (χ0n) is 21.5. The van der Waals surface area contributed by atoms with Gasteiger partial charge in [-0.1, -0.05) is 29.8 Å². The molecule has 2 amide bonds. The first-order chi connectivity index (χ1) is 19.1. The molecule has 1 fully saturated rings. The van der Waals surface area contributed by atoms with Crippen molar-refractivity contribution < 1.29 is 27.5 Å². The summed E-state index contributed by atoms with van der Waals surface area (Å²) < 4.78 is 44.4. The molecule has 2 aromatic heterocycles. The van der Waals surface area contributed by atoms with Crippen LogP contribution in [0.4, 0.5) is 19.1 Å². The molecule has 4 heterocycles. The third-order valence-corrected chi connectivity index (χ3v) is 7.05. The summed E-state index contributed by atoms with van der Waals surface area (Å²) in [5.74, 6) is -0.431. The Balaban J connectivity index is 1.25. The summed E-state index contributed by atoms with van der Waals surface area (Å²) >= 11 is 6.40. The van der Waals surface area contributed by atoms with Crippen LogP contribution in [0.5, 0.6) is 0 Å². The number of nitrogens with one attached hydrogen (secondary N) is 2. The maximum Gasteiger partial charge on any atom is 0.433 e. The summed E-state index contributed by atoms with van der Waals surface area (Å²) in [6.45, 7) is 2.82. The van der Waals surface area contributed by atoms with Crippen LogP contribution in [-0.2, 0) is 22.3 Å². The second-order valence-corrected chi connectivity index (χ2v) is 10.1. The maximum absolute atomic E-state index is 13.2. The number of rotatable bonds is 7. The smallest absolute Gasteiger partial charge is 0.381 e. The van der Waals surface area contributed by atoms with Crippen molar-refractivity contribution in [2.45, 2.75) is 44.6 Å². The lowest BCUT2D eigenvalue weighted by Gasteiger charge is -2.23. The van der Waals surface area contributed by atoms with Crippen LogP contribution in [0, 0.1) is 0 Å². The highest BCUT2D eigenvalue weighted by Gasteiger charge is 2.33. The third kappa shape index (κ3) is 6.18. The Morgan fingerprint density at radius 2 is 1.98 bits per heavy atom. The Labute approximate surface area is 233 Å². The summed E-state index contributed by atoms with van der Waals surface area (Å²) in [6, 6.07) is 8.20. The van der Waals surface area contributed by atoms with E-state index in [1.54, 1.807) is 12.1 Å². The van der Waals surface area contributed by atoms with Gasteiger partial charge in [-0.25, -0.2) is 15.0 Å². The lowest BCUT2D eigenvalue weighted by atomic mass is 10.0. The molecule has 1 aromatic carbocycles. The quantitative estimate of drug-likeness (QED) is 0.423. The molecule has 210 valence electrons. The molecule has 1 atom stereocenters. The molecule has 2 aliphatic heterocycles. The van der Waals surface area contributed by atoms with Gasteiger partial charge in [0.05, 0.1) is 28.6 Å². The van der Waals surface area contributed by atoms with Gasteiger partial charge in [0.1, 0.15) is 12.2 Å². The largest absolute Gasteiger partial charge is 0.433 e. The molecule has 0 aliphatic carbocycles. The fourth-order valence-electron chi connectivity index (χ4n) is 4.68. The fraction of sp³-hybridized carbons (Fsp3) is 0.370. The topological polar surface area (TPSA) is 109 Å². The van der Waals surface area contributed by atoms with E-state index in [-0.39, 0.29) is 30.7 Å². The van der Waals surface area contributed by atoms with Gasteiger partial charge >= 0.3 is 6.18 Å². The first-order valence-corrected chi connectivity index (χ1v) is 13.1. The lowest BCUT2D eigenvalue weighted by Crippen LogP contribution is -2.38. The molecule has 2 aliphatic rings. The van der Waals surface area contributed by atoms with E-state index in [1.165, 1.54) is 30.2 Å². The van der Waals surface area contributed by atoms with E-state index < -0.39 is 23.8 Å². The van der Waals surface area contributed by atoms with Crippen molar-refractivity contribution in [1.82, 2.24) is 25.2 Å². The Bertz CT molecular complexity index is 1430. The summed E-state index contributed by atoms with van der Waals surface area (Å²) in [6.07, 6.45) is -1.40. The lowest BCUT2D eigenvalue weighted by molar-refractivity contribution is -0.141. The van der Waals surface area contributed by atoms with E-state index in [4.69, 9.17) is 16.3 Å². The number of ether oxygens (including phenoxy) is 1. The molecule has 0 spiro atoms. The SMILES string of the molecule is CC(NC(=O)CN1Cc2ccc(-c3nc(NC4CCOCC4)ncc3Cl)cc2C1=O)c1cccc(C(F)(F)F)n1. The number of fused-ring (bicyclic) bond motifs is 1. The van der Waals surface area contributed by atoms with Gasteiger partial charge in [0, 0.05) is 36.9 Å². The predicted molar refractivity (Wildman–Crippen MR) is 140 cm³/mol. The molecular formula is C27H26ClF3N6O3. The summed E-state index contributed by atoms with van der Waals surface area (Å²) in [5.41, 5.74) is 1.29. The van der Waals surface area contributed by atoms with Crippen LogP contribution in [0.15, 0.2) is 42.6 Å². The van der Waals surface area contributed by atoms with E-state index in [0.717, 1.165) is 24.5 Å². The van der Waals surface area contributed by atoms with Crippen LogP contribution in [0.1, 0.15) is 53.1 Å². The number of carbonyl (C=O) groups excluding carboxylic acids is 2. The van der Waals surface area contributed by atoms with Crippen LogP contribution >= 0.6 is 11.6 Å². The number of nitrogens with zero attached hydrogens (tertiary/aromatic N) is 4. The van der Waals surface area contributed by atoms with Gasteiger partial charge in [0.25, 0.3) is 5.91 Å². The maximum atomic E-state index is 13.2. The van der Waals surface area contributed by atoms with Crippen molar-refractivity contribution >= 4 is 29.4 Å². The van der Waals surface area contributed by atoms with Crippen LogP contribution in [-0.4, -0.2) is 57.5 Å². The van der Waals surface area contributed by atoms with E-state index in [9.17, 15) is 22.8 Å². The average Bonchev–Trinajstić information content (AvgIpc) is 3.24. The van der Waals surface area contributed by atoms with Gasteiger partial charge < -0.3 is 20.3 Å². The van der Waals surface area contributed by atoms with Crippen molar-refractivity contribution in [2.24, 2.45) is 0 Å². The number of hydrogen-bond acceptors (Lipinski definition) is 7. The number of pyridine rings is 1. The van der Waals surface area contributed by atoms with E-state index in [1.807, 2.05) is 6.07 Å². The predicted octanol–water partition coefficient (Wildman–Crippen LogP) is 4.63. The molecule has 2 N–H and O–H groups in total. The minimum Gasteiger partial charge on any atom is -0.381 e. The second-order valence-electron chi connectivity index (χ2n) is 9.69. The number of aromatic nitrogens is 3. The summed E-state index contributed by atoms with van der Waals surface area (Å²) in [7, 11) is 0. The van der Waals surface area contributed by atoms with E-state index in [0.29, 0.717) is 41.0 Å². The Morgan fingerprint density at radius 3 is 2.73 bits per heavy atom. The van der Waals surface area contributed by atoms with Crippen LogP contribution in [0.3, 0.4) is 0 Å². The highest BCUT2D eigenvalue weighted by Crippen LogP contribution is 2.32. The van der Waals surface area contributed by atoms with Gasteiger partial charge in [0.15, 0.2) is 0 Å². The highest BCUT2D eigenvalue weighted by atomic mass is 35.5. The normalized spacial score (nSPS) is 16.5. The van der Waals surface area contributed by atoms with Gasteiger partial charge in [0.2, 0.25) is 11.9 Å². The third-order valence-electron chi connectivity index (χ3n) is 6.78. The van der Waals surface area contributed by atoms with Gasteiger partial charge in [-0.15, -0.1) is 0 Å². The fourth-order valence-corrected chi connectivity index (χ4v) is 4.88. The number of anilines is 1. The van der Waals surface area contributed by atoms with Crippen molar-refractivity contribution in [3.8, 4) is 11.3 Å². The molecule has 1 unspecified atom stereocenters. The first kappa shape index (κ1) is 27.8. The standard InChI is InChI=1S/C27H26ClF3N6O3/c1-15(21-3-2-4-22(35-21)27(29,30)31)33-23(38)14-37-13-17-6-5-16(11-19(17)25(37)39)24-20(28)12-32-26(36-24)34-18-7-9-40-10-8-18/h2-6,11-12,15,18H,7-10,13-14H2,1H3,(H,33,38)(H,32,34,36). The van der Waals surface area contributed by atoms with Gasteiger partial charge in [-0.3, -0.25) is 9.59 Å². The van der Waals surface area contributed by atoms with Crippen LogP contribution < -0.4 is 10.6 Å². The van der Waals surface area contributed by atoms with Gasteiger partial charge in [-0.2, -0.15) is 13.2 Å². The first-order valence-electron chi connectivity index (χ1n) is 12.7. The minimum atomic E-state index is -4.59. The Morgan fingerprint density at radius 1 is 1.20 bits per heavy atom. The molecule has 1 saturated heterocycles. The summed E-state index contributed by atoms with van der Waals surface area (Å²) in [4.78, 5) is 39.7. The van der Waals surface area contributed by atoms with Crippen molar-refractivity contribution in [2.75, 3.05) is 25.1 Å². The minimum absolute atomic E-state index is 0.0660. The Hall–Kier alpha value is -3.77. The second kappa shape index (κ2) is 11.4. The molecular weight excluding hydrogens is 549 g/mol. The molecule has 13 heteroatoms. The number of hydrogen-bond donors (Lipinski definition) is 2. The number of carbonyl (C=O) groups is 2. The number of benzene rings is 1. The molecule has 9 nitrogen and oxygen atoms in total. The number of amides is 2. The van der Waals surface area contributed by atoms with E-state index in [2.05, 4.69) is 25.6 Å². The van der Waals surface area contributed by atoms with Crippen molar-refractivity contribution in [1.29, 1.82) is 0 Å². The zero-order chi connectivity index (χ0) is 28.4. The summed E-state index contributed by atoms with van der Waals surface area (Å²) in [5, 5.41) is 6.26.